The molecule has 2 aromatic carbocycles. The molecule has 0 aliphatic rings. The van der Waals surface area contributed by atoms with Gasteiger partial charge in [-0.15, -0.1) is 24.0 Å². The molecule has 0 aliphatic heterocycles. The highest BCUT2D eigenvalue weighted by molar-refractivity contribution is 14.0. The number of rotatable bonds is 11. The van der Waals surface area contributed by atoms with Crippen molar-refractivity contribution in [3.63, 3.8) is 0 Å². The average molecular weight is 514 g/mol. The highest BCUT2D eigenvalue weighted by Gasteiger charge is 2.04. The Labute approximate surface area is 187 Å². The van der Waals surface area contributed by atoms with Crippen LogP contribution in [0.1, 0.15) is 12.0 Å². The number of benzene rings is 2. The van der Waals surface area contributed by atoms with E-state index < -0.39 is 4.92 Å². The molecule has 2 N–H and O–H groups in total. The fourth-order valence-corrected chi connectivity index (χ4v) is 2.35. The molecule has 0 fully saturated rings. The molecule has 8 nitrogen and oxygen atoms in total. The topological polar surface area (TPSA) is 98.0 Å². The third-order valence-corrected chi connectivity index (χ3v) is 3.79. The Hall–Kier alpha value is -2.40. The summed E-state index contributed by atoms with van der Waals surface area (Å²) in [6.07, 6.45) is 0.856. The van der Waals surface area contributed by atoms with Gasteiger partial charge in [0.2, 0.25) is 0 Å². The zero-order valence-electron chi connectivity index (χ0n) is 16.4. The lowest BCUT2D eigenvalue weighted by Gasteiger charge is -2.13. The van der Waals surface area contributed by atoms with Gasteiger partial charge in [-0.25, -0.2) is 4.99 Å². The number of nitrogens with one attached hydrogen (secondary N) is 2. The van der Waals surface area contributed by atoms with Gasteiger partial charge in [-0.2, -0.15) is 0 Å². The molecule has 9 heteroatoms. The standard InChI is InChI=1S/C20H26N4O4.HI/c1-27-14-5-12-21-20(22-13-15-28-19-6-3-2-4-7-19)23-16-17-8-10-18(11-9-17)24(25)26;/h2-4,6-11H,5,12-16H2,1H3,(H2,21,22,23);1H. The first-order valence-corrected chi connectivity index (χ1v) is 9.11. The van der Waals surface area contributed by atoms with Crippen molar-refractivity contribution in [1.29, 1.82) is 0 Å². The average Bonchev–Trinajstić information content (AvgIpc) is 2.72. The number of nitro groups is 1. The van der Waals surface area contributed by atoms with Gasteiger partial charge in [-0.05, 0) is 24.1 Å². The SMILES string of the molecule is COCCCNC(=NCc1ccc([N+](=O)[O-])cc1)NCCOc1ccccc1.I. The van der Waals surface area contributed by atoms with Crippen LogP contribution < -0.4 is 15.4 Å². The van der Waals surface area contributed by atoms with Gasteiger partial charge < -0.3 is 20.1 Å². The highest BCUT2D eigenvalue weighted by atomic mass is 127. The Bertz CT molecular complexity index is 742. The molecule has 0 bridgehead atoms. The number of non-ortho nitro benzene ring substituents is 1. The third-order valence-electron chi connectivity index (χ3n) is 3.79. The number of aliphatic imine (C=N–C) groups is 1. The van der Waals surface area contributed by atoms with Crippen LogP contribution in [0.25, 0.3) is 0 Å². The maximum atomic E-state index is 10.7. The van der Waals surface area contributed by atoms with E-state index in [2.05, 4.69) is 15.6 Å². The largest absolute Gasteiger partial charge is 0.492 e. The van der Waals surface area contributed by atoms with Crippen LogP contribution in [0.4, 0.5) is 5.69 Å². The Morgan fingerprint density at radius 1 is 1.03 bits per heavy atom. The smallest absolute Gasteiger partial charge is 0.269 e. The third kappa shape index (κ3) is 10.1. The van der Waals surface area contributed by atoms with E-state index in [1.807, 2.05) is 30.3 Å². The van der Waals surface area contributed by atoms with Crippen molar-refractivity contribution in [1.82, 2.24) is 10.6 Å². The van der Waals surface area contributed by atoms with Crippen molar-refractivity contribution >= 4 is 35.6 Å². The zero-order chi connectivity index (χ0) is 20.0. The van der Waals surface area contributed by atoms with Gasteiger partial charge >= 0.3 is 0 Å². The number of nitro benzene ring substituents is 1. The van der Waals surface area contributed by atoms with Crippen LogP contribution in [0.5, 0.6) is 5.75 Å². The van der Waals surface area contributed by atoms with Gasteiger partial charge in [0.15, 0.2) is 5.96 Å². The molecular weight excluding hydrogens is 487 g/mol. The molecule has 158 valence electrons. The van der Waals surface area contributed by atoms with Crippen LogP contribution in [-0.2, 0) is 11.3 Å². The fourth-order valence-electron chi connectivity index (χ4n) is 2.35. The predicted molar refractivity (Wildman–Crippen MR) is 124 cm³/mol. The Balaban J connectivity index is 0.00000420. The molecule has 0 saturated carbocycles. The molecular formula is C20H27IN4O4. The van der Waals surface area contributed by atoms with E-state index in [0.717, 1.165) is 24.3 Å². The number of ether oxygens (including phenoxy) is 2. The number of methoxy groups -OCH3 is 1. The summed E-state index contributed by atoms with van der Waals surface area (Å²) in [7, 11) is 1.67. The molecule has 0 aromatic heterocycles. The molecule has 0 unspecified atom stereocenters. The summed E-state index contributed by atoms with van der Waals surface area (Å²) in [6, 6.07) is 16.0. The molecule has 0 aliphatic carbocycles. The van der Waals surface area contributed by atoms with E-state index in [0.29, 0.717) is 32.3 Å². The second-order valence-corrected chi connectivity index (χ2v) is 5.95. The number of halogens is 1. The molecule has 2 rings (SSSR count). The Kier molecular flexibility index (Phi) is 12.4. The second kappa shape index (κ2) is 14.6. The summed E-state index contributed by atoms with van der Waals surface area (Å²) in [4.78, 5) is 14.9. The monoisotopic (exact) mass is 514 g/mol. The molecule has 0 radical (unpaired) electrons. The van der Waals surface area contributed by atoms with Crippen molar-refractivity contribution in [2.75, 3.05) is 33.4 Å². The van der Waals surface area contributed by atoms with Gasteiger partial charge in [0.25, 0.3) is 5.69 Å². The minimum Gasteiger partial charge on any atom is -0.492 e. The maximum absolute atomic E-state index is 10.7. The molecule has 0 amide bonds. The first kappa shape index (κ1) is 24.6. The van der Waals surface area contributed by atoms with E-state index >= 15 is 0 Å². The summed E-state index contributed by atoms with van der Waals surface area (Å²) in [5, 5.41) is 17.2. The van der Waals surface area contributed by atoms with Crippen LogP contribution in [0.3, 0.4) is 0 Å². The van der Waals surface area contributed by atoms with Crippen LogP contribution in [-0.4, -0.2) is 44.3 Å². The van der Waals surface area contributed by atoms with Gasteiger partial charge in [0, 0.05) is 32.4 Å². The van der Waals surface area contributed by atoms with Gasteiger partial charge in [0.1, 0.15) is 12.4 Å². The quantitative estimate of drug-likeness (QED) is 0.119. The number of para-hydroxylation sites is 1. The number of nitrogens with zero attached hydrogens (tertiary/aromatic N) is 2. The number of hydrogen-bond acceptors (Lipinski definition) is 5. The lowest BCUT2D eigenvalue weighted by molar-refractivity contribution is -0.384. The lowest BCUT2D eigenvalue weighted by Crippen LogP contribution is -2.40. The summed E-state index contributed by atoms with van der Waals surface area (Å²) in [5.41, 5.74) is 0.964. The van der Waals surface area contributed by atoms with Gasteiger partial charge in [-0.3, -0.25) is 10.1 Å². The zero-order valence-corrected chi connectivity index (χ0v) is 18.7. The first-order valence-electron chi connectivity index (χ1n) is 9.11. The van der Waals surface area contributed by atoms with E-state index in [-0.39, 0.29) is 29.7 Å². The minimum absolute atomic E-state index is 0. The van der Waals surface area contributed by atoms with Crippen molar-refractivity contribution in [2.45, 2.75) is 13.0 Å². The Morgan fingerprint density at radius 2 is 1.72 bits per heavy atom. The van der Waals surface area contributed by atoms with Crippen LogP contribution in [0.2, 0.25) is 0 Å². The molecule has 29 heavy (non-hydrogen) atoms. The predicted octanol–water partition coefficient (Wildman–Crippen LogP) is 3.36. The van der Waals surface area contributed by atoms with Crippen molar-refractivity contribution in [2.24, 2.45) is 4.99 Å². The summed E-state index contributed by atoms with van der Waals surface area (Å²) < 4.78 is 10.7. The normalized spacial score (nSPS) is 10.7. The molecule has 0 atom stereocenters. The number of hydrogen-bond donors (Lipinski definition) is 2. The fraction of sp³-hybridized carbons (Fsp3) is 0.350. The second-order valence-electron chi connectivity index (χ2n) is 5.95. The van der Waals surface area contributed by atoms with Crippen LogP contribution in [0.15, 0.2) is 59.6 Å². The van der Waals surface area contributed by atoms with Crippen LogP contribution in [0, 0.1) is 10.1 Å². The highest BCUT2D eigenvalue weighted by Crippen LogP contribution is 2.12. The minimum atomic E-state index is -0.413. The van der Waals surface area contributed by atoms with Gasteiger partial charge in [-0.1, -0.05) is 30.3 Å². The van der Waals surface area contributed by atoms with E-state index in [4.69, 9.17) is 9.47 Å². The molecule has 0 saturated heterocycles. The van der Waals surface area contributed by atoms with E-state index in [9.17, 15) is 10.1 Å². The molecule has 0 spiro atoms. The summed E-state index contributed by atoms with van der Waals surface area (Å²) in [5.74, 6) is 1.48. The van der Waals surface area contributed by atoms with E-state index in [1.165, 1.54) is 12.1 Å². The molecule has 2 aromatic rings. The summed E-state index contributed by atoms with van der Waals surface area (Å²) in [6.45, 7) is 2.89. The van der Waals surface area contributed by atoms with Crippen molar-refractivity contribution < 1.29 is 14.4 Å². The summed E-state index contributed by atoms with van der Waals surface area (Å²) >= 11 is 0. The maximum Gasteiger partial charge on any atom is 0.269 e. The van der Waals surface area contributed by atoms with Crippen molar-refractivity contribution in [3.05, 3.63) is 70.3 Å². The lowest BCUT2D eigenvalue weighted by atomic mass is 10.2. The Morgan fingerprint density at radius 3 is 2.38 bits per heavy atom. The first-order chi connectivity index (χ1) is 13.7. The van der Waals surface area contributed by atoms with E-state index in [1.54, 1.807) is 19.2 Å². The van der Waals surface area contributed by atoms with Crippen LogP contribution >= 0.6 is 24.0 Å². The van der Waals surface area contributed by atoms with Gasteiger partial charge in [0.05, 0.1) is 18.0 Å². The van der Waals surface area contributed by atoms with Crippen molar-refractivity contribution in [3.8, 4) is 5.75 Å². The molecule has 0 heterocycles. The number of guanidine groups is 1.